The van der Waals surface area contributed by atoms with Crippen molar-refractivity contribution in [3.05, 3.63) is 34.9 Å². The fourth-order valence-corrected chi connectivity index (χ4v) is 3.34. The van der Waals surface area contributed by atoms with E-state index in [0.29, 0.717) is 43.1 Å². The molecule has 0 aromatic heterocycles. The van der Waals surface area contributed by atoms with Gasteiger partial charge in [0.1, 0.15) is 17.8 Å². The van der Waals surface area contributed by atoms with Crippen molar-refractivity contribution < 1.29 is 52.7 Å². The first kappa shape index (κ1) is 36.0. The molecule has 0 fully saturated rings. The van der Waals surface area contributed by atoms with Crippen LogP contribution in [-0.4, -0.2) is 99.5 Å². The summed E-state index contributed by atoms with van der Waals surface area (Å²) in [6, 6.07) is 4.91. The van der Waals surface area contributed by atoms with Crippen molar-refractivity contribution in [3.63, 3.8) is 0 Å². The van der Waals surface area contributed by atoms with Crippen LogP contribution in [0.4, 0.5) is 0 Å². The molecule has 0 atom stereocenters. The van der Waals surface area contributed by atoms with Gasteiger partial charge >= 0.3 is 17.9 Å². The molecule has 0 saturated heterocycles. The molecule has 1 aromatic rings. The number of hydrogen-bond acceptors (Lipinski definition) is 10. The second-order valence-electron chi connectivity index (χ2n) is 11.1. The van der Waals surface area contributed by atoms with Gasteiger partial charge in [-0.2, -0.15) is 0 Å². The smallest absolute Gasteiger partial charge is 0.329 e. The third-order valence-electron chi connectivity index (χ3n) is 4.73. The van der Waals surface area contributed by atoms with E-state index in [1.165, 1.54) is 0 Å². The van der Waals surface area contributed by atoms with Crippen molar-refractivity contribution in [2.24, 2.45) is 0 Å². The fraction of sp³-hybridized carbons (Fsp3) is 0.655. The molecule has 12 nitrogen and oxygen atoms in total. The average Bonchev–Trinajstić information content (AvgIpc) is 2.81. The summed E-state index contributed by atoms with van der Waals surface area (Å²) in [7, 11) is 0. The maximum Gasteiger partial charge on any atom is 0.329 e. The lowest BCUT2D eigenvalue weighted by Gasteiger charge is -2.20. The van der Waals surface area contributed by atoms with Crippen LogP contribution in [0, 0.1) is 0 Å². The highest BCUT2D eigenvalue weighted by Gasteiger charge is 2.20. The number of nitrogens with one attached hydrogen (secondary N) is 1. The Kier molecular flexibility index (Phi) is 16.1. The number of carbonyl (C=O) groups is 4. The van der Waals surface area contributed by atoms with E-state index in [1.807, 2.05) is 0 Å². The normalized spacial score (nSPS) is 11.7. The molecule has 41 heavy (non-hydrogen) atoms. The summed E-state index contributed by atoms with van der Waals surface area (Å²) in [5.41, 5.74) is 0.112. The zero-order valence-corrected chi connectivity index (χ0v) is 25.0. The summed E-state index contributed by atoms with van der Waals surface area (Å²) in [6.45, 7) is 12.6. The van der Waals surface area contributed by atoms with Gasteiger partial charge in [0.05, 0.1) is 59.1 Å². The number of benzene rings is 1. The number of carboxylic acid groups (broad SMARTS) is 1. The Bertz CT molecular complexity index is 932. The fourth-order valence-electron chi connectivity index (χ4n) is 3.34. The SMILES string of the molecule is CC(C)(C)OC(=O)Cc1cc(CC(=O)OC(C)(C)C)cc(C(=O)NCCOCCOCCOCCOCC(=O)O)c1. The van der Waals surface area contributed by atoms with E-state index >= 15 is 0 Å². The number of esters is 2. The predicted molar refractivity (Wildman–Crippen MR) is 149 cm³/mol. The Morgan fingerprint density at radius 2 is 1.07 bits per heavy atom. The van der Waals surface area contributed by atoms with Gasteiger partial charge in [-0.25, -0.2) is 4.79 Å². The third-order valence-corrected chi connectivity index (χ3v) is 4.73. The van der Waals surface area contributed by atoms with Crippen molar-refractivity contribution >= 4 is 23.8 Å². The lowest BCUT2D eigenvalue weighted by atomic mass is 10.0. The Labute approximate surface area is 241 Å². The molecule has 0 aliphatic rings. The Balaban J connectivity index is 2.50. The first-order chi connectivity index (χ1) is 19.1. The predicted octanol–water partition coefficient (Wildman–Crippen LogP) is 2.34. The van der Waals surface area contributed by atoms with E-state index in [0.717, 1.165) is 0 Å². The monoisotopic (exact) mass is 583 g/mol. The highest BCUT2D eigenvalue weighted by Crippen LogP contribution is 2.17. The van der Waals surface area contributed by atoms with E-state index in [-0.39, 0.29) is 51.7 Å². The van der Waals surface area contributed by atoms with Crippen LogP contribution in [0.2, 0.25) is 0 Å². The van der Waals surface area contributed by atoms with E-state index < -0.39 is 29.1 Å². The summed E-state index contributed by atoms with van der Waals surface area (Å²) in [6.07, 6.45) is -0.0985. The lowest BCUT2D eigenvalue weighted by molar-refractivity contribution is -0.154. The highest BCUT2D eigenvalue weighted by atomic mass is 16.6. The Morgan fingerprint density at radius 3 is 1.49 bits per heavy atom. The highest BCUT2D eigenvalue weighted by molar-refractivity contribution is 5.95. The molecule has 1 rings (SSSR count). The largest absolute Gasteiger partial charge is 0.480 e. The number of hydrogen-bond donors (Lipinski definition) is 2. The lowest BCUT2D eigenvalue weighted by Crippen LogP contribution is -2.28. The molecule has 0 saturated carbocycles. The number of carbonyl (C=O) groups excluding carboxylic acids is 3. The van der Waals surface area contributed by atoms with E-state index in [1.54, 1.807) is 59.7 Å². The van der Waals surface area contributed by atoms with Gasteiger partial charge in [0, 0.05) is 12.1 Å². The first-order valence-corrected chi connectivity index (χ1v) is 13.5. The molecular weight excluding hydrogens is 538 g/mol. The van der Waals surface area contributed by atoms with E-state index in [4.69, 9.17) is 33.5 Å². The molecule has 12 heteroatoms. The van der Waals surface area contributed by atoms with Crippen molar-refractivity contribution in [1.29, 1.82) is 0 Å². The molecule has 0 radical (unpaired) electrons. The molecule has 0 heterocycles. The van der Waals surface area contributed by atoms with Gasteiger partial charge in [-0.1, -0.05) is 6.07 Å². The topological polar surface area (TPSA) is 156 Å². The van der Waals surface area contributed by atoms with Crippen LogP contribution in [0.15, 0.2) is 18.2 Å². The van der Waals surface area contributed by atoms with Crippen LogP contribution < -0.4 is 5.32 Å². The summed E-state index contributed by atoms with van der Waals surface area (Å²) in [4.78, 5) is 47.9. The minimum atomic E-state index is -1.03. The molecule has 232 valence electrons. The number of aliphatic carboxylic acids is 1. The van der Waals surface area contributed by atoms with Crippen LogP contribution in [-0.2, 0) is 55.6 Å². The van der Waals surface area contributed by atoms with Gasteiger partial charge in [0.15, 0.2) is 0 Å². The summed E-state index contributed by atoms with van der Waals surface area (Å²) in [5, 5.41) is 11.2. The molecule has 1 aromatic carbocycles. The number of ether oxygens (including phenoxy) is 6. The molecule has 0 bridgehead atoms. The maximum absolute atomic E-state index is 12.8. The minimum absolute atomic E-state index is 0.0492. The summed E-state index contributed by atoms with van der Waals surface area (Å²) in [5.74, 6) is -2.27. The van der Waals surface area contributed by atoms with Crippen molar-refractivity contribution in [1.82, 2.24) is 5.32 Å². The average molecular weight is 584 g/mol. The Morgan fingerprint density at radius 1 is 0.659 bits per heavy atom. The van der Waals surface area contributed by atoms with Crippen LogP contribution in [0.25, 0.3) is 0 Å². The van der Waals surface area contributed by atoms with Gasteiger partial charge < -0.3 is 38.8 Å². The van der Waals surface area contributed by atoms with Gasteiger partial charge in [0.2, 0.25) is 0 Å². The molecular formula is C29H45NO11. The Hall–Kier alpha value is -3.06. The van der Waals surface area contributed by atoms with Crippen LogP contribution in [0.1, 0.15) is 63.0 Å². The first-order valence-electron chi connectivity index (χ1n) is 13.5. The molecule has 0 unspecified atom stereocenters. The van der Waals surface area contributed by atoms with Crippen LogP contribution >= 0.6 is 0 Å². The van der Waals surface area contributed by atoms with Gasteiger partial charge in [-0.15, -0.1) is 0 Å². The zero-order chi connectivity index (χ0) is 30.9. The quantitative estimate of drug-likeness (QED) is 0.182. The molecule has 1 amide bonds. The zero-order valence-electron chi connectivity index (χ0n) is 25.0. The van der Waals surface area contributed by atoms with Crippen LogP contribution in [0.5, 0.6) is 0 Å². The maximum atomic E-state index is 12.8. The number of amides is 1. The van der Waals surface area contributed by atoms with Gasteiger partial charge in [0.25, 0.3) is 5.91 Å². The van der Waals surface area contributed by atoms with Crippen molar-refractivity contribution in [2.75, 3.05) is 59.4 Å². The molecule has 2 N–H and O–H groups in total. The molecule has 0 spiro atoms. The number of carboxylic acids is 1. The van der Waals surface area contributed by atoms with Crippen LogP contribution in [0.3, 0.4) is 0 Å². The van der Waals surface area contributed by atoms with Crippen molar-refractivity contribution in [2.45, 2.75) is 65.6 Å². The molecule has 0 aliphatic carbocycles. The third kappa shape index (κ3) is 19.6. The van der Waals surface area contributed by atoms with E-state index in [9.17, 15) is 19.2 Å². The van der Waals surface area contributed by atoms with Crippen molar-refractivity contribution in [3.8, 4) is 0 Å². The second-order valence-corrected chi connectivity index (χ2v) is 11.1. The van der Waals surface area contributed by atoms with E-state index in [2.05, 4.69) is 5.32 Å². The van der Waals surface area contributed by atoms with Gasteiger partial charge in [-0.3, -0.25) is 14.4 Å². The number of rotatable bonds is 19. The standard InChI is InChI=1S/C29H45NO11/c1-28(2,3)40-25(33)18-21-15-22(19-26(34)41-29(4,5)6)17-23(16-21)27(35)30-7-8-36-9-10-37-11-12-38-13-14-39-20-24(31)32/h15-17H,7-14,18-20H2,1-6H3,(H,30,35)(H,31,32). The van der Waals surface area contributed by atoms with Gasteiger partial charge in [-0.05, 0) is 64.8 Å². The minimum Gasteiger partial charge on any atom is -0.480 e. The molecule has 0 aliphatic heterocycles. The second kappa shape index (κ2) is 18.4. The summed E-state index contributed by atoms with van der Waals surface area (Å²) < 4.78 is 31.7. The summed E-state index contributed by atoms with van der Waals surface area (Å²) >= 11 is 0.